The van der Waals surface area contributed by atoms with Gasteiger partial charge in [0.1, 0.15) is 11.3 Å². The standard InChI is InChI=1S/C19H18F2N2O3/c1-11(26-12-8-9-13(20)14(21)10-12)17(24)23-16-7-5-4-6-15(16)22-18(25)19(23,2)3/h4-11H,1-3H3,(H,22,25)/t11-/m1/s1. The molecule has 2 aromatic carbocycles. The van der Waals surface area contributed by atoms with Crippen molar-refractivity contribution in [2.45, 2.75) is 32.4 Å². The first-order chi connectivity index (χ1) is 12.2. The van der Waals surface area contributed by atoms with E-state index < -0.39 is 29.2 Å². The molecule has 0 radical (unpaired) electrons. The molecule has 0 unspecified atom stereocenters. The van der Waals surface area contributed by atoms with E-state index in [0.29, 0.717) is 11.4 Å². The van der Waals surface area contributed by atoms with E-state index in [1.54, 1.807) is 38.1 Å². The van der Waals surface area contributed by atoms with Gasteiger partial charge < -0.3 is 10.1 Å². The minimum atomic E-state index is -1.14. The first-order valence-corrected chi connectivity index (χ1v) is 8.08. The number of fused-ring (bicyclic) bond motifs is 1. The van der Waals surface area contributed by atoms with Gasteiger partial charge in [-0.1, -0.05) is 12.1 Å². The summed E-state index contributed by atoms with van der Waals surface area (Å²) in [4.78, 5) is 26.8. The van der Waals surface area contributed by atoms with Crippen LogP contribution in [0.5, 0.6) is 5.75 Å². The Bertz CT molecular complexity index is 883. The van der Waals surface area contributed by atoms with E-state index in [0.717, 1.165) is 12.1 Å². The number of nitrogens with one attached hydrogen (secondary N) is 1. The fourth-order valence-corrected chi connectivity index (χ4v) is 2.83. The van der Waals surface area contributed by atoms with Crippen molar-refractivity contribution in [1.29, 1.82) is 0 Å². The van der Waals surface area contributed by atoms with E-state index >= 15 is 0 Å². The number of hydrogen-bond donors (Lipinski definition) is 1. The number of hydrogen-bond acceptors (Lipinski definition) is 3. The molecule has 0 spiro atoms. The molecule has 0 fully saturated rings. The van der Waals surface area contributed by atoms with Gasteiger partial charge >= 0.3 is 0 Å². The number of benzene rings is 2. The van der Waals surface area contributed by atoms with Gasteiger partial charge in [0.25, 0.3) is 5.91 Å². The zero-order valence-corrected chi connectivity index (χ0v) is 14.5. The van der Waals surface area contributed by atoms with Crippen molar-refractivity contribution in [2.24, 2.45) is 0 Å². The van der Waals surface area contributed by atoms with Crippen LogP contribution in [-0.4, -0.2) is 23.5 Å². The molecule has 1 heterocycles. The molecule has 26 heavy (non-hydrogen) atoms. The van der Waals surface area contributed by atoms with Gasteiger partial charge in [0.15, 0.2) is 17.7 Å². The predicted octanol–water partition coefficient (Wildman–Crippen LogP) is 3.50. The largest absolute Gasteiger partial charge is 0.481 e. The molecule has 1 atom stereocenters. The van der Waals surface area contributed by atoms with Crippen molar-refractivity contribution in [3.8, 4) is 5.75 Å². The Morgan fingerprint density at radius 3 is 2.54 bits per heavy atom. The van der Waals surface area contributed by atoms with Crippen molar-refractivity contribution in [1.82, 2.24) is 0 Å². The molecule has 0 saturated carbocycles. The summed E-state index contributed by atoms with van der Waals surface area (Å²) in [5.74, 6) is -2.84. The van der Waals surface area contributed by atoms with E-state index in [2.05, 4.69) is 5.32 Å². The number of anilines is 2. The van der Waals surface area contributed by atoms with Crippen molar-refractivity contribution >= 4 is 23.2 Å². The van der Waals surface area contributed by atoms with Crippen LogP contribution < -0.4 is 15.0 Å². The van der Waals surface area contributed by atoms with Crippen molar-refractivity contribution < 1.29 is 23.1 Å². The summed E-state index contributed by atoms with van der Waals surface area (Å²) in [6.07, 6.45) is -1.02. The highest BCUT2D eigenvalue weighted by atomic mass is 19.2. The number of amides is 2. The van der Waals surface area contributed by atoms with Crippen LogP contribution in [0.2, 0.25) is 0 Å². The van der Waals surface area contributed by atoms with Crippen LogP contribution in [0.15, 0.2) is 42.5 Å². The van der Waals surface area contributed by atoms with Crippen LogP contribution in [0.4, 0.5) is 20.2 Å². The Morgan fingerprint density at radius 1 is 1.15 bits per heavy atom. The Balaban J connectivity index is 1.91. The minimum absolute atomic E-state index is 0.0253. The fraction of sp³-hybridized carbons (Fsp3) is 0.263. The number of nitrogens with zero attached hydrogens (tertiary/aromatic N) is 1. The molecular weight excluding hydrogens is 342 g/mol. The Kier molecular flexibility index (Phi) is 4.39. The Morgan fingerprint density at radius 2 is 1.85 bits per heavy atom. The second kappa shape index (κ2) is 6.40. The number of ether oxygens (including phenoxy) is 1. The number of halogens is 2. The normalized spacial score (nSPS) is 16.5. The minimum Gasteiger partial charge on any atom is -0.481 e. The van der Waals surface area contributed by atoms with Crippen LogP contribution in [0.1, 0.15) is 20.8 Å². The highest BCUT2D eigenvalue weighted by molar-refractivity contribution is 6.14. The van der Waals surface area contributed by atoms with Gasteiger partial charge in [-0.2, -0.15) is 0 Å². The van der Waals surface area contributed by atoms with Gasteiger partial charge in [-0.15, -0.1) is 0 Å². The third kappa shape index (κ3) is 3.00. The van der Waals surface area contributed by atoms with Gasteiger partial charge in [0.2, 0.25) is 5.91 Å². The van der Waals surface area contributed by atoms with Gasteiger partial charge in [0, 0.05) is 6.07 Å². The highest BCUT2D eigenvalue weighted by Gasteiger charge is 2.45. The van der Waals surface area contributed by atoms with Crippen molar-refractivity contribution in [2.75, 3.05) is 10.2 Å². The number of carbonyl (C=O) groups excluding carboxylic acids is 2. The molecule has 0 saturated heterocycles. The summed E-state index contributed by atoms with van der Waals surface area (Å²) in [6.45, 7) is 4.75. The number of para-hydroxylation sites is 2. The lowest BCUT2D eigenvalue weighted by Gasteiger charge is -2.42. The molecule has 2 amide bonds. The Hall–Kier alpha value is -2.96. The van der Waals surface area contributed by atoms with Gasteiger partial charge in [-0.3, -0.25) is 14.5 Å². The lowest BCUT2D eigenvalue weighted by molar-refractivity contribution is -0.130. The molecule has 3 rings (SSSR count). The lowest BCUT2D eigenvalue weighted by atomic mass is 9.95. The second-order valence-electron chi connectivity index (χ2n) is 6.54. The molecule has 0 bridgehead atoms. The predicted molar refractivity (Wildman–Crippen MR) is 93.1 cm³/mol. The highest BCUT2D eigenvalue weighted by Crippen LogP contribution is 2.37. The average Bonchev–Trinajstić information content (AvgIpc) is 2.58. The molecule has 5 nitrogen and oxygen atoms in total. The third-order valence-corrected chi connectivity index (χ3v) is 4.28. The molecule has 0 aliphatic carbocycles. The maximum Gasteiger partial charge on any atom is 0.268 e. The number of carbonyl (C=O) groups is 2. The molecule has 136 valence electrons. The molecule has 7 heteroatoms. The van der Waals surface area contributed by atoms with Crippen molar-refractivity contribution in [3.05, 3.63) is 54.1 Å². The van der Waals surface area contributed by atoms with Crippen LogP contribution in [0, 0.1) is 11.6 Å². The molecule has 1 aliphatic heterocycles. The summed E-state index contributed by atoms with van der Waals surface area (Å²) in [7, 11) is 0. The van der Waals surface area contributed by atoms with E-state index in [-0.39, 0.29) is 11.7 Å². The van der Waals surface area contributed by atoms with Crippen LogP contribution in [0.3, 0.4) is 0 Å². The van der Waals surface area contributed by atoms with Crippen LogP contribution in [0.25, 0.3) is 0 Å². The lowest BCUT2D eigenvalue weighted by Crippen LogP contribution is -2.60. The monoisotopic (exact) mass is 360 g/mol. The Labute approximate surface area is 149 Å². The smallest absolute Gasteiger partial charge is 0.268 e. The topological polar surface area (TPSA) is 58.6 Å². The maximum atomic E-state index is 13.4. The van der Waals surface area contributed by atoms with Crippen LogP contribution >= 0.6 is 0 Å². The average molecular weight is 360 g/mol. The maximum absolute atomic E-state index is 13.4. The molecule has 0 aromatic heterocycles. The first kappa shape index (κ1) is 17.8. The van der Waals surface area contributed by atoms with Gasteiger partial charge in [0.05, 0.1) is 11.4 Å². The van der Waals surface area contributed by atoms with Gasteiger partial charge in [-0.05, 0) is 45.0 Å². The van der Waals surface area contributed by atoms with Crippen molar-refractivity contribution in [3.63, 3.8) is 0 Å². The van der Waals surface area contributed by atoms with E-state index in [4.69, 9.17) is 4.74 Å². The second-order valence-corrected chi connectivity index (χ2v) is 6.54. The summed E-state index contributed by atoms with van der Waals surface area (Å²) in [5.41, 5.74) is -0.0788. The molecule has 1 aliphatic rings. The van der Waals surface area contributed by atoms with E-state index in [1.807, 2.05) is 0 Å². The summed E-state index contributed by atoms with van der Waals surface area (Å²) in [5, 5.41) is 2.77. The zero-order chi connectivity index (χ0) is 19.1. The van der Waals surface area contributed by atoms with Crippen LogP contribution in [-0.2, 0) is 9.59 Å². The zero-order valence-electron chi connectivity index (χ0n) is 14.5. The molecular formula is C19H18F2N2O3. The quantitative estimate of drug-likeness (QED) is 0.911. The summed E-state index contributed by atoms with van der Waals surface area (Å²) < 4.78 is 31.9. The fourth-order valence-electron chi connectivity index (χ4n) is 2.83. The van der Waals surface area contributed by atoms with Gasteiger partial charge in [-0.25, -0.2) is 8.78 Å². The van der Waals surface area contributed by atoms with E-state index in [1.165, 1.54) is 17.9 Å². The SMILES string of the molecule is C[C@@H](Oc1ccc(F)c(F)c1)C(=O)N1c2ccccc2NC(=O)C1(C)C. The first-order valence-electron chi connectivity index (χ1n) is 8.08. The molecule has 1 N–H and O–H groups in total. The molecule has 2 aromatic rings. The number of rotatable bonds is 3. The summed E-state index contributed by atoms with van der Waals surface area (Å²) in [6, 6.07) is 9.97. The summed E-state index contributed by atoms with van der Waals surface area (Å²) >= 11 is 0. The third-order valence-electron chi connectivity index (χ3n) is 4.28. The van der Waals surface area contributed by atoms with E-state index in [9.17, 15) is 18.4 Å².